The molecule has 8 nitrogen and oxygen atoms in total. The van der Waals surface area contributed by atoms with Crippen molar-refractivity contribution in [1.82, 2.24) is 15.2 Å². The van der Waals surface area contributed by atoms with Crippen LogP contribution in [0.4, 0.5) is 0 Å². The Kier molecular flexibility index (Phi) is 6.61. The zero-order valence-corrected chi connectivity index (χ0v) is 16.9. The van der Waals surface area contributed by atoms with Crippen molar-refractivity contribution in [1.29, 1.82) is 0 Å². The van der Waals surface area contributed by atoms with Gasteiger partial charge in [0, 0.05) is 0 Å². The number of hydrogen-bond acceptors (Lipinski definition) is 6. The number of nitrogens with one attached hydrogen (secondary N) is 2. The monoisotopic (exact) mass is 395 g/mol. The van der Waals surface area contributed by atoms with Crippen LogP contribution in [-0.2, 0) is 14.8 Å². The van der Waals surface area contributed by atoms with Gasteiger partial charge in [0.2, 0.25) is 15.9 Å². The van der Waals surface area contributed by atoms with Crippen LogP contribution in [0.25, 0.3) is 0 Å². The summed E-state index contributed by atoms with van der Waals surface area (Å²) in [5, 5.41) is 6.27. The summed E-state index contributed by atoms with van der Waals surface area (Å²) in [6, 6.07) is 4.91. The van der Waals surface area contributed by atoms with Crippen molar-refractivity contribution < 1.29 is 22.5 Å². The van der Waals surface area contributed by atoms with Crippen LogP contribution in [0.3, 0.4) is 0 Å². The second-order valence-corrected chi connectivity index (χ2v) is 8.11. The fourth-order valence-electron chi connectivity index (χ4n) is 2.72. The van der Waals surface area contributed by atoms with Crippen LogP contribution in [0.5, 0.6) is 5.75 Å². The van der Waals surface area contributed by atoms with Gasteiger partial charge in [-0.05, 0) is 57.9 Å². The Labute approximate surface area is 159 Å². The molecule has 0 saturated carbocycles. The predicted octanol–water partition coefficient (Wildman–Crippen LogP) is 1.77. The lowest BCUT2D eigenvalue weighted by molar-refractivity contribution is -0.122. The first-order valence-corrected chi connectivity index (χ1v) is 10.0. The van der Waals surface area contributed by atoms with Crippen LogP contribution >= 0.6 is 0 Å². The minimum Gasteiger partial charge on any atom is -0.492 e. The van der Waals surface area contributed by atoms with Gasteiger partial charge < -0.3 is 14.6 Å². The lowest BCUT2D eigenvalue weighted by Crippen LogP contribution is -2.45. The molecule has 1 amide bonds. The second-order valence-electron chi connectivity index (χ2n) is 6.46. The molecule has 0 fully saturated rings. The van der Waals surface area contributed by atoms with Gasteiger partial charge in [-0.15, -0.1) is 0 Å². The molecule has 0 spiro atoms. The highest BCUT2D eigenvalue weighted by Crippen LogP contribution is 2.19. The Hall–Kier alpha value is -2.39. The maximum atomic E-state index is 12.4. The van der Waals surface area contributed by atoms with Crippen molar-refractivity contribution in [3.05, 3.63) is 40.8 Å². The van der Waals surface area contributed by atoms with Crippen molar-refractivity contribution in [3.63, 3.8) is 0 Å². The van der Waals surface area contributed by atoms with Crippen molar-refractivity contribution in [2.45, 2.75) is 45.6 Å². The molecule has 2 rings (SSSR count). The average molecular weight is 395 g/mol. The maximum Gasteiger partial charge on any atom is 0.246 e. The number of nitrogens with zero attached hydrogens (tertiary/aromatic N) is 1. The Morgan fingerprint density at radius 1 is 1.19 bits per heavy atom. The van der Waals surface area contributed by atoms with Crippen LogP contribution in [0.2, 0.25) is 0 Å². The number of sulfonamides is 1. The molecule has 27 heavy (non-hydrogen) atoms. The van der Waals surface area contributed by atoms with Gasteiger partial charge in [-0.2, -0.15) is 4.72 Å². The van der Waals surface area contributed by atoms with Crippen molar-refractivity contribution >= 4 is 15.9 Å². The molecule has 1 atom stereocenters. The first kappa shape index (κ1) is 20.9. The molecule has 0 saturated heterocycles. The molecule has 0 unspecified atom stereocenters. The second kappa shape index (κ2) is 8.53. The van der Waals surface area contributed by atoms with E-state index in [1.807, 2.05) is 32.0 Å². The van der Waals surface area contributed by atoms with Gasteiger partial charge >= 0.3 is 0 Å². The van der Waals surface area contributed by atoms with Crippen LogP contribution in [-0.4, -0.2) is 38.7 Å². The van der Waals surface area contributed by atoms with E-state index in [0.717, 1.165) is 16.9 Å². The molecule has 2 N–H and O–H groups in total. The summed E-state index contributed by atoms with van der Waals surface area (Å²) in [6.45, 7) is 8.99. The number of aromatic nitrogens is 1. The number of ether oxygens (including phenoxy) is 1. The van der Waals surface area contributed by atoms with E-state index < -0.39 is 22.0 Å². The normalized spacial score (nSPS) is 12.6. The van der Waals surface area contributed by atoms with Gasteiger partial charge in [0.1, 0.15) is 22.9 Å². The third-order valence-corrected chi connectivity index (χ3v) is 5.61. The summed E-state index contributed by atoms with van der Waals surface area (Å²) in [4.78, 5) is 12.1. The Morgan fingerprint density at radius 3 is 2.37 bits per heavy atom. The summed E-state index contributed by atoms with van der Waals surface area (Å²) in [5.41, 5.74) is 2.43. The summed E-state index contributed by atoms with van der Waals surface area (Å²) < 4.78 is 37.6. The highest BCUT2D eigenvalue weighted by molar-refractivity contribution is 7.89. The fourth-order valence-corrected chi connectivity index (χ4v) is 4.25. The smallest absolute Gasteiger partial charge is 0.246 e. The van der Waals surface area contributed by atoms with E-state index in [-0.39, 0.29) is 29.5 Å². The minimum atomic E-state index is -3.90. The zero-order valence-electron chi connectivity index (χ0n) is 16.1. The molecule has 148 valence electrons. The van der Waals surface area contributed by atoms with Crippen LogP contribution in [0.1, 0.15) is 29.5 Å². The highest BCUT2D eigenvalue weighted by atomic mass is 32.2. The summed E-state index contributed by atoms with van der Waals surface area (Å²) in [5.74, 6) is 0.456. The van der Waals surface area contributed by atoms with Gasteiger partial charge in [-0.1, -0.05) is 11.2 Å². The number of carbonyl (C=O) groups is 1. The highest BCUT2D eigenvalue weighted by Gasteiger charge is 2.27. The van der Waals surface area contributed by atoms with Crippen molar-refractivity contribution in [3.8, 4) is 5.75 Å². The maximum absolute atomic E-state index is 12.4. The first-order valence-electron chi connectivity index (χ1n) is 8.54. The molecule has 0 aliphatic rings. The van der Waals surface area contributed by atoms with Gasteiger partial charge in [0.25, 0.3) is 0 Å². The van der Waals surface area contributed by atoms with Crippen LogP contribution in [0, 0.1) is 27.7 Å². The fraction of sp³-hybridized carbons (Fsp3) is 0.444. The number of amides is 1. The minimum absolute atomic E-state index is 0.0414. The first-order chi connectivity index (χ1) is 12.6. The summed E-state index contributed by atoms with van der Waals surface area (Å²) in [6.07, 6.45) is 0. The van der Waals surface area contributed by atoms with E-state index in [1.165, 1.54) is 20.8 Å². The van der Waals surface area contributed by atoms with Gasteiger partial charge in [-0.3, -0.25) is 4.79 Å². The molecular formula is C18H25N3O5S. The van der Waals surface area contributed by atoms with Gasteiger partial charge in [0.15, 0.2) is 5.76 Å². The quantitative estimate of drug-likeness (QED) is 0.659. The summed E-state index contributed by atoms with van der Waals surface area (Å²) in [7, 11) is -3.90. The number of carbonyl (C=O) groups excluding carboxylic acids is 1. The molecule has 1 heterocycles. The lowest BCUT2D eigenvalue weighted by Gasteiger charge is -2.14. The standard InChI is InChI=1S/C18H25N3O5S/c1-11-8-12(2)10-16(9-11)25-7-6-19-18(22)14(4)21-27(23,24)17-13(3)20-26-15(17)5/h8-10,14,21H,6-7H2,1-5H3,(H,19,22)/t14-/m0/s1. The van der Waals surface area contributed by atoms with E-state index in [9.17, 15) is 13.2 Å². The number of rotatable bonds is 8. The van der Waals surface area contributed by atoms with Crippen molar-refractivity contribution in [2.24, 2.45) is 0 Å². The van der Waals surface area contributed by atoms with E-state index in [4.69, 9.17) is 9.26 Å². The number of benzene rings is 1. The van der Waals surface area contributed by atoms with Gasteiger partial charge in [0.05, 0.1) is 12.6 Å². The zero-order chi connectivity index (χ0) is 20.2. The largest absolute Gasteiger partial charge is 0.492 e. The topological polar surface area (TPSA) is 111 Å². The molecular weight excluding hydrogens is 370 g/mol. The Morgan fingerprint density at radius 2 is 1.81 bits per heavy atom. The molecule has 2 aromatic rings. The summed E-state index contributed by atoms with van der Waals surface area (Å²) >= 11 is 0. The van der Waals surface area contributed by atoms with Crippen molar-refractivity contribution in [2.75, 3.05) is 13.2 Å². The molecule has 0 bridgehead atoms. The predicted molar refractivity (Wildman–Crippen MR) is 100 cm³/mol. The average Bonchev–Trinajstić information content (AvgIpc) is 2.89. The van der Waals surface area contributed by atoms with Crippen LogP contribution in [0.15, 0.2) is 27.6 Å². The third kappa shape index (κ3) is 5.54. The Bertz CT molecular complexity index is 881. The third-order valence-electron chi connectivity index (χ3n) is 3.83. The van der Waals surface area contributed by atoms with E-state index >= 15 is 0 Å². The molecule has 0 aliphatic heterocycles. The van der Waals surface area contributed by atoms with E-state index in [0.29, 0.717) is 0 Å². The molecule has 0 radical (unpaired) electrons. The number of hydrogen-bond donors (Lipinski definition) is 2. The lowest BCUT2D eigenvalue weighted by atomic mass is 10.1. The SMILES string of the molecule is Cc1cc(C)cc(OCCNC(=O)[C@H](C)NS(=O)(=O)c2c(C)noc2C)c1. The van der Waals surface area contributed by atoms with E-state index in [1.54, 1.807) is 0 Å². The molecule has 9 heteroatoms. The van der Waals surface area contributed by atoms with E-state index in [2.05, 4.69) is 15.2 Å². The molecule has 1 aromatic heterocycles. The Balaban J connectivity index is 1.85. The molecule has 1 aromatic carbocycles. The van der Waals surface area contributed by atoms with Crippen LogP contribution < -0.4 is 14.8 Å². The van der Waals surface area contributed by atoms with Gasteiger partial charge in [-0.25, -0.2) is 8.42 Å². The molecule has 0 aliphatic carbocycles. The number of aryl methyl sites for hydroxylation is 4.